The summed E-state index contributed by atoms with van der Waals surface area (Å²) in [5.74, 6) is 2.10. The number of nitriles is 1. The van der Waals surface area contributed by atoms with Crippen LogP contribution < -0.4 is 24.3 Å². The molecule has 0 saturated heterocycles. The molecule has 0 aliphatic carbocycles. The van der Waals surface area contributed by atoms with Crippen molar-refractivity contribution < 1.29 is 23.7 Å². The van der Waals surface area contributed by atoms with Crippen LogP contribution in [0.25, 0.3) is 0 Å². The van der Waals surface area contributed by atoms with Gasteiger partial charge in [0.15, 0.2) is 18.1 Å². The fourth-order valence-corrected chi connectivity index (χ4v) is 3.15. The predicted molar refractivity (Wildman–Crippen MR) is 106 cm³/mol. The lowest BCUT2D eigenvalue weighted by atomic mass is 10.1. The van der Waals surface area contributed by atoms with E-state index in [4.69, 9.17) is 24.2 Å². The first-order valence-corrected chi connectivity index (χ1v) is 9.47. The quantitative estimate of drug-likeness (QED) is 0.738. The third-order valence-electron chi connectivity index (χ3n) is 4.51. The van der Waals surface area contributed by atoms with E-state index in [9.17, 15) is 4.79 Å². The van der Waals surface area contributed by atoms with E-state index in [0.717, 1.165) is 29.0 Å². The summed E-state index contributed by atoms with van der Waals surface area (Å²) < 4.78 is 22.3. The highest BCUT2D eigenvalue weighted by Crippen LogP contribution is 2.35. The minimum atomic E-state index is -0.284. The number of carbonyl (C=O) groups is 1. The minimum Gasteiger partial charge on any atom is -0.494 e. The van der Waals surface area contributed by atoms with E-state index in [2.05, 4.69) is 5.32 Å². The lowest BCUT2D eigenvalue weighted by Gasteiger charge is -2.14. The summed E-state index contributed by atoms with van der Waals surface area (Å²) in [6, 6.07) is 10.7. The molecule has 0 radical (unpaired) electrons. The highest BCUT2D eigenvalue weighted by molar-refractivity contribution is 5.77. The van der Waals surface area contributed by atoms with E-state index in [1.807, 2.05) is 32.0 Å². The van der Waals surface area contributed by atoms with Crippen LogP contribution in [0.1, 0.15) is 30.5 Å². The Kier molecular flexibility index (Phi) is 6.45. The largest absolute Gasteiger partial charge is 0.494 e. The van der Waals surface area contributed by atoms with Gasteiger partial charge in [0, 0.05) is 30.2 Å². The molecule has 1 amide bonds. The number of hydrogen-bond acceptors (Lipinski definition) is 6. The molecule has 2 aromatic rings. The molecule has 0 bridgehead atoms. The van der Waals surface area contributed by atoms with Gasteiger partial charge in [0.1, 0.15) is 17.6 Å². The molecule has 29 heavy (non-hydrogen) atoms. The second kappa shape index (κ2) is 9.20. The van der Waals surface area contributed by atoms with Gasteiger partial charge < -0.3 is 24.3 Å². The Morgan fingerprint density at radius 2 is 2.07 bits per heavy atom. The van der Waals surface area contributed by atoms with Crippen molar-refractivity contribution in [1.82, 2.24) is 5.32 Å². The predicted octanol–water partition coefficient (Wildman–Crippen LogP) is 2.98. The van der Waals surface area contributed by atoms with E-state index in [1.54, 1.807) is 18.2 Å². The Balaban J connectivity index is 1.61. The van der Waals surface area contributed by atoms with Crippen LogP contribution in [-0.2, 0) is 17.8 Å². The van der Waals surface area contributed by atoms with Crippen LogP contribution >= 0.6 is 0 Å². The second-order valence-electron chi connectivity index (χ2n) is 6.68. The molecule has 0 unspecified atom stereocenters. The monoisotopic (exact) mass is 396 g/mol. The number of nitrogens with one attached hydrogen (secondary N) is 1. The van der Waals surface area contributed by atoms with Gasteiger partial charge in [-0.05, 0) is 38.1 Å². The van der Waals surface area contributed by atoms with Crippen molar-refractivity contribution in [3.05, 3.63) is 47.0 Å². The van der Waals surface area contributed by atoms with Crippen LogP contribution in [-0.4, -0.2) is 32.3 Å². The van der Waals surface area contributed by atoms with Crippen LogP contribution in [0.3, 0.4) is 0 Å². The molecule has 0 spiro atoms. The van der Waals surface area contributed by atoms with Gasteiger partial charge in [-0.3, -0.25) is 4.79 Å². The molecule has 2 aromatic carbocycles. The van der Waals surface area contributed by atoms with E-state index >= 15 is 0 Å². The molecule has 1 aliphatic heterocycles. The summed E-state index contributed by atoms with van der Waals surface area (Å²) in [5, 5.41) is 11.8. The Bertz CT molecular complexity index is 936. The number of methoxy groups -OCH3 is 1. The highest BCUT2D eigenvalue weighted by atomic mass is 16.5. The molecule has 3 rings (SSSR count). The molecule has 0 fully saturated rings. The Morgan fingerprint density at radius 1 is 1.24 bits per heavy atom. The normalized spacial score (nSPS) is 14.3. The summed E-state index contributed by atoms with van der Waals surface area (Å²) >= 11 is 0. The van der Waals surface area contributed by atoms with Crippen molar-refractivity contribution in [2.24, 2.45) is 0 Å². The fourth-order valence-electron chi connectivity index (χ4n) is 3.15. The zero-order chi connectivity index (χ0) is 20.8. The Hall–Kier alpha value is -3.40. The fraction of sp³-hybridized carbons (Fsp3) is 0.364. The zero-order valence-corrected chi connectivity index (χ0v) is 16.8. The SMILES string of the molecule is CCOc1cc2c(cc1CNC(=O)COc1ccc(C#N)cc1OC)O[C@@H](C)C2. The van der Waals surface area contributed by atoms with Crippen LogP contribution in [0, 0.1) is 11.3 Å². The smallest absolute Gasteiger partial charge is 0.258 e. The van der Waals surface area contributed by atoms with Gasteiger partial charge >= 0.3 is 0 Å². The minimum absolute atomic E-state index is 0.139. The maximum Gasteiger partial charge on any atom is 0.258 e. The third kappa shape index (κ3) is 4.91. The van der Waals surface area contributed by atoms with Crippen molar-refractivity contribution in [2.45, 2.75) is 32.9 Å². The maximum absolute atomic E-state index is 12.3. The summed E-state index contributed by atoms with van der Waals surface area (Å²) in [5.41, 5.74) is 2.42. The average molecular weight is 396 g/mol. The standard InChI is InChI=1S/C22H24N2O5/c1-4-27-19-9-16-7-14(2)29-20(16)10-17(19)12-24-22(25)13-28-18-6-5-15(11-23)8-21(18)26-3/h5-6,8-10,14H,4,7,12-13H2,1-3H3,(H,24,25)/t14-/m0/s1. The number of carbonyl (C=O) groups excluding carboxylic acids is 1. The summed E-state index contributed by atoms with van der Waals surface area (Å²) in [6.07, 6.45) is 0.989. The number of hydrogen-bond donors (Lipinski definition) is 1. The number of rotatable bonds is 8. The molecule has 7 heteroatoms. The van der Waals surface area contributed by atoms with Crippen molar-refractivity contribution in [2.75, 3.05) is 20.3 Å². The summed E-state index contributed by atoms with van der Waals surface area (Å²) in [4.78, 5) is 12.3. The van der Waals surface area contributed by atoms with Gasteiger partial charge in [-0.1, -0.05) is 0 Å². The lowest BCUT2D eigenvalue weighted by molar-refractivity contribution is -0.123. The molecule has 1 N–H and O–H groups in total. The average Bonchev–Trinajstić information content (AvgIpc) is 3.09. The number of ether oxygens (including phenoxy) is 4. The molecule has 152 valence electrons. The van der Waals surface area contributed by atoms with Crippen LogP contribution in [0.2, 0.25) is 0 Å². The van der Waals surface area contributed by atoms with Crippen molar-refractivity contribution in [1.29, 1.82) is 5.26 Å². The molecule has 1 aliphatic rings. The van der Waals surface area contributed by atoms with E-state index in [-0.39, 0.29) is 18.6 Å². The summed E-state index contributed by atoms with van der Waals surface area (Å²) in [7, 11) is 1.48. The number of benzene rings is 2. The molecular weight excluding hydrogens is 372 g/mol. The third-order valence-corrected chi connectivity index (χ3v) is 4.51. The van der Waals surface area contributed by atoms with E-state index < -0.39 is 0 Å². The molecule has 1 atom stereocenters. The number of amides is 1. The first-order chi connectivity index (χ1) is 14.0. The lowest BCUT2D eigenvalue weighted by Crippen LogP contribution is -2.28. The van der Waals surface area contributed by atoms with E-state index in [1.165, 1.54) is 7.11 Å². The number of fused-ring (bicyclic) bond motifs is 1. The number of nitrogens with zero attached hydrogens (tertiary/aromatic N) is 1. The van der Waals surface area contributed by atoms with Crippen LogP contribution in [0.5, 0.6) is 23.0 Å². The second-order valence-corrected chi connectivity index (χ2v) is 6.68. The van der Waals surface area contributed by atoms with Gasteiger partial charge in [0.05, 0.1) is 25.3 Å². The molecule has 0 saturated carbocycles. The van der Waals surface area contributed by atoms with Crippen molar-refractivity contribution in [3.8, 4) is 29.1 Å². The molecule has 7 nitrogen and oxygen atoms in total. The first-order valence-electron chi connectivity index (χ1n) is 9.47. The summed E-state index contributed by atoms with van der Waals surface area (Å²) in [6.45, 7) is 4.61. The van der Waals surface area contributed by atoms with Gasteiger partial charge in [-0.2, -0.15) is 5.26 Å². The van der Waals surface area contributed by atoms with Gasteiger partial charge in [-0.25, -0.2) is 0 Å². The molecular formula is C22H24N2O5. The highest BCUT2D eigenvalue weighted by Gasteiger charge is 2.22. The van der Waals surface area contributed by atoms with Crippen molar-refractivity contribution >= 4 is 5.91 Å². The van der Waals surface area contributed by atoms with E-state index in [0.29, 0.717) is 30.2 Å². The van der Waals surface area contributed by atoms with Gasteiger partial charge in [0.25, 0.3) is 5.91 Å². The van der Waals surface area contributed by atoms with Crippen molar-refractivity contribution in [3.63, 3.8) is 0 Å². The Labute approximate surface area is 170 Å². The van der Waals surface area contributed by atoms with Crippen LogP contribution in [0.15, 0.2) is 30.3 Å². The topological polar surface area (TPSA) is 89.8 Å². The zero-order valence-electron chi connectivity index (χ0n) is 16.8. The maximum atomic E-state index is 12.3. The molecule has 0 aromatic heterocycles. The molecule has 1 heterocycles. The van der Waals surface area contributed by atoms with Crippen LogP contribution in [0.4, 0.5) is 0 Å². The van der Waals surface area contributed by atoms with Gasteiger partial charge in [0.2, 0.25) is 0 Å². The Morgan fingerprint density at radius 3 is 2.79 bits per heavy atom. The van der Waals surface area contributed by atoms with Gasteiger partial charge in [-0.15, -0.1) is 0 Å². The first kappa shape index (κ1) is 20.3.